The summed E-state index contributed by atoms with van der Waals surface area (Å²) in [6, 6.07) is 57.9. The number of benzene rings is 6. The smallest absolute Gasteiger partial charge is 0.0713 e. The summed E-state index contributed by atoms with van der Waals surface area (Å²) in [4.78, 5) is 2.44. The predicted molar refractivity (Wildman–Crippen MR) is 189 cm³/mol. The van der Waals surface area contributed by atoms with Crippen LogP contribution in [0.15, 0.2) is 182 Å². The minimum Gasteiger partial charge on any atom is -0.314 e. The van der Waals surface area contributed by atoms with Gasteiger partial charge < -0.3 is 4.90 Å². The molecule has 0 aliphatic heterocycles. The van der Waals surface area contributed by atoms with Gasteiger partial charge in [-0.25, -0.2) is 0 Å². The molecule has 1 heteroatoms. The largest absolute Gasteiger partial charge is 0.314 e. The summed E-state index contributed by atoms with van der Waals surface area (Å²) in [7, 11) is 0. The summed E-state index contributed by atoms with van der Waals surface area (Å²) >= 11 is 0. The van der Waals surface area contributed by atoms with Gasteiger partial charge in [-0.15, -0.1) is 0 Å². The third-order valence-corrected chi connectivity index (χ3v) is 9.61. The van der Waals surface area contributed by atoms with E-state index in [1.807, 2.05) is 0 Å². The van der Waals surface area contributed by atoms with E-state index in [9.17, 15) is 0 Å². The molecule has 8 rings (SSSR count). The van der Waals surface area contributed by atoms with Crippen molar-refractivity contribution < 1.29 is 0 Å². The third kappa shape index (κ3) is 4.47. The fourth-order valence-corrected chi connectivity index (χ4v) is 7.48. The van der Waals surface area contributed by atoms with E-state index in [0.717, 1.165) is 6.42 Å². The van der Waals surface area contributed by atoms with Gasteiger partial charge in [-0.05, 0) is 81.3 Å². The maximum absolute atomic E-state index is 2.44. The third-order valence-electron chi connectivity index (χ3n) is 9.61. The van der Waals surface area contributed by atoms with E-state index in [1.54, 1.807) is 0 Å². The van der Waals surface area contributed by atoms with Gasteiger partial charge in [0.25, 0.3) is 0 Å². The van der Waals surface area contributed by atoms with E-state index in [1.165, 1.54) is 61.6 Å². The van der Waals surface area contributed by atoms with Crippen molar-refractivity contribution >= 4 is 11.4 Å². The molecule has 0 N–H and O–H groups in total. The fraction of sp³-hybridized carbons (Fsp3) is 0.0909. The van der Waals surface area contributed by atoms with E-state index >= 15 is 0 Å². The zero-order chi connectivity index (χ0) is 30.2. The highest BCUT2D eigenvalue weighted by Crippen LogP contribution is 2.56. The Bertz CT molecular complexity index is 1970. The predicted octanol–water partition coefficient (Wildman–Crippen LogP) is 11.3. The van der Waals surface area contributed by atoms with Crippen molar-refractivity contribution in [3.63, 3.8) is 0 Å². The van der Waals surface area contributed by atoms with Crippen LogP contribution in [-0.2, 0) is 5.41 Å². The van der Waals surface area contributed by atoms with Gasteiger partial charge in [-0.1, -0.05) is 153 Å². The lowest BCUT2D eigenvalue weighted by atomic mass is 9.67. The van der Waals surface area contributed by atoms with Crippen LogP contribution in [0.2, 0.25) is 0 Å². The first-order valence-corrected chi connectivity index (χ1v) is 15.9. The highest BCUT2D eigenvalue weighted by Gasteiger charge is 2.45. The van der Waals surface area contributed by atoms with Crippen molar-refractivity contribution in [1.82, 2.24) is 0 Å². The molecule has 6 aromatic rings. The minimum absolute atomic E-state index is 0.394. The first kappa shape index (κ1) is 27.2. The molecular formula is C44H35N. The molecule has 0 heterocycles. The molecule has 1 nitrogen and oxygen atoms in total. The van der Waals surface area contributed by atoms with Crippen LogP contribution in [0.25, 0.3) is 22.3 Å². The van der Waals surface area contributed by atoms with Gasteiger partial charge in [0.15, 0.2) is 0 Å². The number of fused-ring (bicyclic) bond motifs is 3. The van der Waals surface area contributed by atoms with Crippen LogP contribution < -0.4 is 4.90 Å². The van der Waals surface area contributed by atoms with Gasteiger partial charge in [0.2, 0.25) is 0 Å². The van der Waals surface area contributed by atoms with Crippen LogP contribution in [0.4, 0.5) is 11.4 Å². The zero-order valence-electron chi connectivity index (χ0n) is 25.5. The lowest BCUT2D eigenvalue weighted by Crippen LogP contribution is -2.28. The van der Waals surface area contributed by atoms with Gasteiger partial charge in [0, 0.05) is 23.0 Å². The van der Waals surface area contributed by atoms with Crippen molar-refractivity contribution in [2.24, 2.45) is 5.92 Å². The highest BCUT2D eigenvalue weighted by molar-refractivity contribution is 5.86. The normalized spacial score (nSPS) is 16.0. The van der Waals surface area contributed by atoms with Crippen LogP contribution >= 0.6 is 0 Å². The summed E-state index contributed by atoms with van der Waals surface area (Å²) in [6.07, 6.45) is 7.79. The SMILES string of the molecule is CC1CC=CC=C1N(c1ccc(-c2ccccc2)cc1)c1ccc(C2(c3ccccc3)c3ccccc3-c3ccccc32)cc1. The Morgan fingerprint density at radius 2 is 1.00 bits per heavy atom. The van der Waals surface area contributed by atoms with Crippen LogP contribution in [0.3, 0.4) is 0 Å². The van der Waals surface area contributed by atoms with Gasteiger partial charge in [-0.3, -0.25) is 0 Å². The molecule has 0 radical (unpaired) electrons. The fourth-order valence-electron chi connectivity index (χ4n) is 7.48. The summed E-state index contributed by atoms with van der Waals surface area (Å²) in [5.41, 5.74) is 13.6. The first-order valence-electron chi connectivity index (χ1n) is 15.9. The van der Waals surface area contributed by atoms with Crippen LogP contribution in [0.5, 0.6) is 0 Å². The molecule has 0 amide bonds. The Hall–Kier alpha value is -5.40. The second kappa shape index (κ2) is 11.3. The number of hydrogen-bond acceptors (Lipinski definition) is 1. The van der Waals surface area contributed by atoms with Gasteiger partial charge in [-0.2, -0.15) is 0 Å². The lowest BCUT2D eigenvalue weighted by molar-refractivity contribution is 0.670. The number of nitrogens with zero attached hydrogens (tertiary/aromatic N) is 1. The van der Waals surface area contributed by atoms with E-state index in [-0.39, 0.29) is 0 Å². The molecule has 2 aliphatic rings. The van der Waals surface area contributed by atoms with E-state index in [4.69, 9.17) is 0 Å². The van der Waals surface area contributed by atoms with Gasteiger partial charge in [0.1, 0.15) is 0 Å². The molecule has 0 aromatic heterocycles. The van der Waals surface area contributed by atoms with Crippen LogP contribution in [0.1, 0.15) is 35.6 Å². The van der Waals surface area contributed by atoms with E-state index in [2.05, 4.69) is 188 Å². The summed E-state index contributed by atoms with van der Waals surface area (Å²) in [5.74, 6) is 0.410. The zero-order valence-corrected chi connectivity index (χ0v) is 25.5. The van der Waals surface area contributed by atoms with Crippen molar-refractivity contribution in [3.05, 3.63) is 204 Å². The van der Waals surface area contributed by atoms with Crippen molar-refractivity contribution in [3.8, 4) is 22.3 Å². The molecule has 216 valence electrons. The average molecular weight is 578 g/mol. The Kier molecular flexibility index (Phi) is 6.80. The molecule has 0 bridgehead atoms. The van der Waals surface area contributed by atoms with E-state index in [0.29, 0.717) is 5.92 Å². The molecule has 6 aromatic carbocycles. The summed E-state index contributed by atoms with van der Waals surface area (Å²) < 4.78 is 0. The molecule has 0 saturated heterocycles. The molecule has 0 saturated carbocycles. The Balaban J connectivity index is 1.28. The van der Waals surface area contributed by atoms with Crippen LogP contribution in [0, 0.1) is 5.92 Å². The number of allylic oxidation sites excluding steroid dienone is 4. The summed E-state index contributed by atoms with van der Waals surface area (Å²) in [5, 5.41) is 0. The Morgan fingerprint density at radius 1 is 0.511 bits per heavy atom. The van der Waals surface area contributed by atoms with Crippen molar-refractivity contribution in [2.75, 3.05) is 4.90 Å². The molecule has 0 spiro atoms. The number of hydrogen-bond donors (Lipinski definition) is 0. The van der Waals surface area contributed by atoms with Gasteiger partial charge in [0.05, 0.1) is 5.41 Å². The highest BCUT2D eigenvalue weighted by atomic mass is 15.2. The second-order valence-electron chi connectivity index (χ2n) is 12.2. The van der Waals surface area contributed by atoms with E-state index < -0.39 is 5.41 Å². The Labute approximate surface area is 266 Å². The van der Waals surface area contributed by atoms with Crippen molar-refractivity contribution in [1.29, 1.82) is 0 Å². The maximum atomic E-state index is 2.44. The first-order chi connectivity index (χ1) is 22.2. The molecule has 1 atom stereocenters. The monoisotopic (exact) mass is 577 g/mol. The standard InChI is InChI=1S/C44H35N/c1-32-14-8-13-23-43(32)45(37-28-24-34(25-29-37)33-15-4-2-5-16-33)38-30-26-36(27-31-38)44(35-17-6-3-7-18-35)41-21-11-9-19-39(41)40-20-10-12-22-42(40)44/h2-13,15-32H,14H2,1H3. The molecule has 2 aliphatic carbocycles. The maximum Gasteiger partial charge on any atom is 0.0713 e. The average Bonchev–Trinajstić information content (AvgIpc) is 3.42. The van der Waals surface area contributed by atoms with Crippen LogP contribution in [-0.4, -0.2) is 0 Å². The Morgan fingerprint density at radius 3 is 1.60 bits per heavy atom. The molecule has 0 fully saturated rings. The molecular weight excluding hydrogens is 542 g/mol. The quantitative estimate of drug-likeness (QED) is 0.190. The number of anilines is 2. The lowest BCUT2D eigenvalue weighted by Gasteiger charge is -2.35. The summed E-state index contributed by atoms with van der Waals surface area (Å²) in [6.45, 7) is 2.33. The minimum atomic E-state index is -0.394. The second-order valence-corrected chi connectivity index (χ2v) is 12.2. The molecule has 45 heavy (non-hydrogen) atoms. The molecule has 1 unspecified atom stereocenters. The topological polar surface area (TPSA) is 3.24 Å². The van der Waals surface area contributed by atoms with Crippen molar-refractivity contribution in [2.45, 2.75) is 18.8 Å². The van der Waals surface area contributed by atoms with Gasteiger partial charge >= 0.3 is 0 Å². The number of rotatable bonds is 6.